The summed E-state index contributed by atoms with van der Waals surface area (Å²) in [4.78, 5) is 12.2. The first-order valence-corrected chi connectivity index (χ1v) is 8.41. The van der Waals surface area contributed by atoms with Gasteiger partial charge in [-0.25, -0.2) is 0 Å². The van der Waals surface area contributed by atoms with E-state index in [1.165, 1.54) is 0 Å². The number of anilines is 1. The van der Waals surface area contributed by atoms with E-state index in [9.17, 15) is 4.79 Å². The van der Waals surface area contributed by atoms with Gasteiger partial charge in [0.25, 0.3) is 0 Å². The van der Waals surface area contributed by atoms with Crippen molar-refractivity contribution in [2.24, 2.45) is 0 Å². The summed E-state index contributed by atoms with van der Waals surface area (Å²) >= 11 is 15.6. The lowest BCUT2D eigenvalue weighted by atomic mass is 10.1. The van der Waals surface area contributed by atoms with Gasteiger partial charge >= 0.3 is 0 Å². The molecule has 0 unspecified atom stereocenters. The summed E-state index contributed by atoms with van der Waals surface area (Å²) in [6.45, 7) is 0.933. The van der Waals surface area contributed by atoms with Crippen LogP contribution in [0.5, 0.6) is 11.5 Å². The summed E-state index contributed by atoms with van der Waals surface area (Å²) in [6, 6.07) is 8.74. The highest BCUT2D eigenvalue weighted by atomic mass is 79.9. The number of carbonyl (C=O) groups excluding carboxylic acids is 1. The Bertz CT molecular complexity index is 767. The third kappa shape index (κ3) is 3.91. The molecular weight excluding hydrogens is 405 g/mol. The lowest BCUT2D eigenvalue weighted by Crippen LogP contribution is -2.17. The fourth-order valence-electron chi connectivity index (χ4n) is 2.24. The molecule has 7 heteroatoms. The number of nitrogens with one attached hydrogen (secondary N) is 1. The molecule has 0 atom stereocenters. The van der Waals surface area contributed by atoms with Crippen molar-refractivity contribution in [1.82, 2.24) is 0 Å². The number of rotatable bonds is 3. The number of amides is 1. The second kappa shape index (κ2) is 6.99. The maximum Gasteiger partial charge on any atom is 0.228 e. The number of hydrogen-bond acceptors (Lipinski definition) is 3. The quantitative estimate of drug-likeness (QED) is 0.788. The Kier molecular flexibility index (Phi) is 4.99. The Morgan fingerprint density at radius 2 is 1.91 bits per heavy atom. The molecular formula is C16H12BrCl2NO3. The summed E-state index contributed by atoms with van der Waals surface area (Å²) < 4.78 is 11.8. The molecule has 0 aromatic heterocycles. The summed E-state index contributed by atoms with van der Waals surface area (Å²) in [7, 11) is 0. The molecule has 0 bridgehead atoms. The van der Waals surface area contributed by atoms with Gasteiger partial charge in [0, 0.05) is 4.47 Å². The van der Waals surface area contributed by atoms with Crippen LogP contribution in [0.1, 0.15) is 5.56 Å². The molecule has 1 aliphatic heterocycles. The van der Waals surface area contributed by atoms with Gasteiger partial charge in [-0.2, -0.15) is 0 Å². The van der Waals surface area contributed by atoms with Gasteiger partial charge in [-0.3, -0.25) is 4.79 Å². The highest BCUT2D eigenvalue weighted by Crippen LogP contribution is 2.38. The molecule has 23 heavy (non-hydrogen) atoms. The van der Waals surface area contributed by atoms with Gasteiger partial charge in [-0.1, -0.05) is 39.1 Å². The molecule has 4 nitrogen and oxygen atoms in total. The van der Waals surface area contributed by atoms with Gasteiger partial charge < -0.3 is 14.8 Å². The van der Waals surface area contributed by atoms with Crippen LogP contribution in [0.4, 0.5) is 5.69 Å². The Hall–Kier alpha value is -1.43. The fourth-order valence-corrected chi connectivity index (χ4v) is 3.25. The summed E-state index contributed by atoms with van der Waals surface area (Å²) in [6.07, 6.45) is 0.156. The SMILES string of the molecule is O=C(Cc1cc(Cl)c2c(c1)OCCO2)Nc1ccc(Br)cc1Cl. The highest BCUT2D eigenvalue weighted by molar-refractivity contribution is 9.10. The van der Waals surface area contributed by atoms with E-state index >= 15 is 0 Å². The van der Waals surface area contributed by atoms with Crippen molar-refractivity contribution in [3.05, 3.63) is 50.4 Å². The van der Waals surface area contributed by atoms with Gasteiger partial charge in [0.1, 0.15) is 13.2 Å². The lowest BCUT2D eigenvalue weighted by molar-refractivity contribution is -0.115. The molecule has 0 radical (unpaired) electrons. The van der Waals surface area contributed by atoms with Gasteiger partial charge in [0.05, 0.1) is 22.2 Å². The van der Waals surface area contributed by atoms with E-state index < -0.39 is 0 Å². The zero-order valence-corrected chi connectivity index (χ0v) is 15.0. The molecule has 0 spiro atoms. The van der Waals surface area contributed by atoms with E-state index in [0.717, 1.165) is 10.0 Å². The number of ether oxygens (including phenoxy) is 2. The maximum atomic E-state index is 12.2. The molecule has 120 valence electrons. The maximum absolute atomic E-state index is 12.2. The predicted molar refractivity (Wildman–Crippen MR) is 93.9 cm³/mol. The van der Waals surface area contributed by atoms with Crippen LogP contribution in [0, 0.1) is 0 Å². The Morgan fingerprint density at radius 3 is 2.70 bits per heavy atom. The zero-order chi connectivity index (χ0) is 16.4. The Morgan fingerprint density at radius 1 is 1.13 bits per heavy atom. The largest absolute Gasteiger partial charge is 0.486 e. The highest BCUT2D eigenvalue weighted by Gasteiger charge is 2.18. The molecule has 2 aromatic rings. The van der Waals surface area contributed by atoms with E-state index in [1.54, 1.807) is 24.3 Å². The smallest absolute Gasteiger partial charge is 0.228 e. The van der Waals surface area contributed by atoms with Gasteiger partial charge in [-0.05, 0) is 35.9 Å². The number of fused-ring (bicyclic) bond motifs is 1. The van der Waals surface area contributed by atoms with Crippen molar-refractivity contribution in [3.8, 4) is 11.5 Å². The van der Waals surface area contributed by atoms with E-state index in [2.05, 4.69) is 21.2 Å². The van der Waals surface area contributed by atoms with Crippen LogP contribution in [0.25, 0.3) is 0 Å². The van der Waals surface area contributed by atoms with E-state index in [1.807, 2.05) is 6.07 Å². The number of halogens is 3. The van der Waals surface area contributed by atoms with Gasteiger partial charge in [0.15, 0.2) is 11.5 Å². The van der Waals surface area contributed by atoms with Gasteiger partial charge in [0.2, 0.25) is 5.91 Å². The molecule has 1 amide bonds. The molecule has 1 heterocycles. The van der Waals surface area contributed by atoms with Crippen LogP contribution in [-0.4, -0.2) is 19.1 Å². The second-order valence-electron chi connectivity index (χ2n) is 4.95. The average molecular weight is 417 g/mol. The van der Waals surface area contributed by atoms with Crippen molar-refractivity contribution in [3.63, 3.8) is 0 Å². The van der Waals surface area contributed by atoms with E-state index in [0.29, 0.717) is 40.4 Å². The Labute approximate surface area is 151 Å². The Balaban J connectivity index is 1.74. The first-order valence-electron chi connectivity index (χ1n) is 6.86. The fraction of sp³-hybridized carbons (Fsp3) is 0.188. The van der Waals surface area contributed by atoms with E-state index in [-0.39, 0.29) is 12.3 Å². The van der Waals surface area contributed by atoms with Crippen molar-refractivity contribution < 1.29 is 14.3 Å². The summed E-state index contributed by atoms with van der Waals surface area (Å²) in [5.41, 5.74) is 1.30. The van der Waals surface area contributed by atoms with Crippen LogP contribution in [0.3, 0.4) is 0 Å². The topological polar surface area (TPSA) is 47.6 Å². The monoisotopic (exact) mass is 415 g/mol. The number of carbonyl (C=O) groups is 1. The summed E-state index contributed by atoms with van der Waals surface area (Å²) in [5.74, 6) is 0.896. The first-order chi connectivity index (χ1) is 11.0. The molecule has 1 N–H and O–H groups in total. The zero-order valence-electron chi connectivity index (χ0n) is 11.9. The van der Waals surface area contributed by atoms with E-state index in [4.69, 9.17) is 32.7 Å². The predicted octanol–water partition coefficient (Wildman–Crippen LogP) is 4.71. The second-order valence-corrected chi connectivity index (χ2v) is 6.68. The molecule has 3 rings (SSSR count). The van der Waals surface area contributed by atoms with Crippen molar-refractivity contribution in [2.45, 2.75) is 6.42 Å². The summed E-state index contributed by atoms with van der Waals surface area (Å²) in [5, 5.41) is 3.68. The third-order valence-corrected chi connectivity index (χ3v) is 4.31. The van der Waals surface area contributed by atoms with Crippen LogP contribution < -0.4 is 14.8 Å². The molecule has 2 aromatic carbocycles. The van der Waals surface area contributed by atoms with Crippen LogP contribution in [0.15, 0.2) is 34.8 Å². The molecule has 0 saturated carbocycles. The number of benzene rings is 2. The first kappa shape index (κ1) is 16.4. The standard InChI is InChI=1S/C16H12BrCl2NO3/c17-10-1-2-13(11(18)8-10)20-15(21)7-9-5-12(19)16-14(6-9)22-3-4-23-16/h1-2,5-6,8H,3-4,7H2,(H,20,21). The van der Waals surface area contributed by atoms with Crippen molar-refractivity contribution in [1.29, 1.82) is 0 Å². The van der Waals surface area contributed by atoms with Gasteiger partial charge in [-0.15, -0.1) is 0 Å². The molecule has 1 aliphatic rings. The molecule has 0 fully saturated rings. The third-order valence-electron chi connectivity index (χ3n) is 3.23. The number of hydrogen-bond donors (Lipinski definition) is 1. The molecule has 0 saturated heterocycles. The lowest BCUT2D eigenvalue weighted by Gasteiger charge is -2.20. The van der Waals surface area contributed by atoms with Crippen LogP contribution in [0.2, 0.25) is 10.0 Å². The van der Waals surface area contributed by atoms with Crippen molar-refractivity contribution >= 4 is 50.7 Å². The minimum Gasteiger partial charge on any atom is -0.486 e. The minimum absolute atomic E-state index is 0.156. The average Bonchev–Trinajstić information content (AvgIpc) is 2.50. The van der Waals surface area contributed by atoms with Crippen LogP contribution >= 0.6 is 39.1 Å². The molecule has 0 aliphatic carbocycles. The normalized spacial score (nSPS) is 12.8. The van der Waals surface area contributed by atoms with Crippen LogP contribution in [-0.2, 0) is 11.2 Å². The van der Waals surface area contributed by atoms with Crippen molar-refractivity contribution in [2.75, 3.05) is 18.5 Å². The minimum atomic E-state index is -0.193.